The summed E-state index contributed by atoms with van der Waals surface area (Å²) in [6, 6.07) is 5.41. The average Bonchev–Trinajstić information content (AvgIpc) is 3.56. The maximum Gasteiger partial charge on any atom is 0.416 e. The molecule has 2 N–H and O–H groups in total. The summed E-state index contributed by atoms with van der Waals surface area (Å²) in [5.41, 5.74) is -1.22. The zero-order valence-corrected chi connectivity index (χ0v) is 19.9. The highest BCUT2D eigenvalue weighted by molar-refractivity contribution is 7.90. The van der Waals surface area contributed by atoms with Crippen molar-refractivity contribution in [2.24, 2.45) is 5.92 Å². The number of hydrogen-bond acceptors (Lipinski definition) is 5. The molecule has 2 aromatic carbocycles. The number of aliphatic hydroxyl groups is 1. The number of aliphatic hydroxyl groups excluding tert-OH is 1. The SMILES string of the molecule is CS(=O)(=O)c1cccc(C(=O)N2C[C@H](O)C[C@@H]2C(=O)NC(c2ccc(C(F)(F)F)cc2F)C2CC2)c1. The lowest BCUT2D eigenvalue weighted by molar-refractivity contribution is -0.137. The van der Waals surface area contributed by atoms with E-state index < -0.39 is 57.4 Å². The van der Waals surface area contributed by atoms with Gasteiger partial charge >= 0.3 is 6.18 Å². The van der Waals surface area contributed by atoms with Gasteiger partial charge in [-0.3, -0.25) is 9.59 Å². The van der Waals surface area contributed by atoms with Crippen molar-refractivity contribution < 1.29 is 40.7 Å². The van der Waals surface area contributed by atoms with Gasteiger partial charge in [-0.1, -0.05) is 12.1 Å². The number of alkyl halides is 3. The molecule has 2 aromatic rings. The first-order chi connectivity index (χ1) is 16.8. The van der Waals surface area contributed by atoms with E-state index in [1.807, 2.05) is 0 Å². The zero-order chi connectivity index (χ0) is 26.4. The molecule has 12 heteroatoms. The first kappa shape index (κ1) is 26.1. The molecule has 7 nitrogen and oxygen atoms in total. The van der Waals surface area contributed by atoms with Gasteiger partial charge in [-0.05, 0) is 49.1 Å². The van der Waals surface area contributed by atoms with E-state index in [0.29, 0.717) is 18.9 Å². The Kier molecular flexibility index (Phi) is 6.86. The smallest absolute Gasteiger partial charge is 0.391 e. The third-order valence-electron chi connectivity index (χ3n) is 6.41. The molecule has 3 atom stereocenters. The highest BCUT2D eigenvalue weighted by Gasteiger charge is 2.43. The topological polar surface area (TPSA) is 104 Å². The Balaban J connectivity index is 1.57. The molecule has 1 saturated carbocycles. The van der Waals surface area contributed by atoms with Crippen molar-refractivity contribution in [2.45, 2.75) is 48.5 Å². The van der Waals surface area contributed by atoms with Gasteiger partial charge in [-0.15, -0.1) is 0 Å². The van der Waals surface area contributed by atoms with E-state index >= 15 is 0 Å². The molecule has 0 spiro atoms. The van der Waals surface area contributed by atoms with Crippen LogP contribution in [0.3, 0.4) is 0 Å². The van der Waals surface area contributed by atoms with Crippen LogP contribution < -0.4 is 5.32 Å². The van der Waals surface area contributed by atoms with Crippen LogP contribution in [0.25, 0.3) is 0 Å². The molecule has 1 saturated heterocycles. The highest BCUT2D eigenvalue weighted by atomic mass is 32.2. The Morgan fingerprint density at radius 3 is 2.42 bits per heavy atom. The number of carbonyl (C=O) groups excluding carboxylic acids is 2. The molecule has 2 amide bonds. The van der Waals surface area contributed by atoms with Gasteiger partial charge in [0, 0.05) is 30.3 Å². The highest BCUT2D eigenvalue weighted by Crippen LogP contribution is 2.43. The number of amides is 2. The monoisotopic (exact) mass is 528 g/mol. The van der Waals surface area contributed by atoms with Crippen LogP contribution in [0, 0.1) is 11.7 Å². The van der Waals surface area contributed by atoms with Crippen LogP contribution in [0.15, 0.2) is 47.4 Å². The van der Waals surface area contributed by atoms with Crippen molar-refractivity contribution in [1.29, 1.82) is 0 Å². The molecule has 0 bridgehead atoms. The van der Waals surface area contributed by atoms with E-state index in [2.05, 4.69) is 5.32 Å². The Morgan fingerprint density at radius 1 is 1.14 bits per heavy atom. The van der Waals surface area contributed by atoms with Gasteiger partial charge in [0.05, 0.1) is 22.6 Å². The van der Waals surface area contributed by atoms with E-state index in [4.69, 9.17) is 0 Å². The van der Waals surface area contributed by atoms with Gasteiger partial charge < -0.3 is 15.3 Å². The molecule has 1 unspecified atom stereocenters. The summed E-state index contributed by atoms with van der Waals surface area (Å²) < 4.78 is 77.2. The summed E-state index contributed by atoms with van der Waals surface area (Å²) in [5, 5.41) is 12.9. The van der Waals surface area contributed by atoms with E-state index in [9.17, 15) is 40.7 Å². The third kappa shape index (κ3) is 5.54. The van der Waals surface area contributed by atoms with Gasteiger partial charge in [0.25, 0.3) is 5.91 Å². The lowest BCUT2D eigenvalue weighted by Crippen LogP contribution is -2.47. The minimum Gasteiger partial charge on any atom is -0.391 e. The first-order valence-corrected chi connectivity index (χ1v) is 13.1. The molecule has 4 rings (SSSR count). The molecule has 2 aliphatic rings. The van der Waals surface area contributed by atoms with Crippen LogP contribution in [-0.4, -0.2) is 55.2 Å². The second-order valence-corrected chi connectivity index (χ2v) is 11.2. The molecule has 1 aliphatic heterocycles. The van der Waals surface area contributed by atoms with Crippen molar-refractivity contribution in [3.63, 3.8) is 0 Å². The maximum atomic E-state index is 14.7. The van der Waals surface area contributed by atoms with Crippen molar-refractivity contribution in [2.75, 3.05) is 12.8 Å². The summed E-state index contributed by atoms with van der Waals surface area (Å²) in [7, 11) is -3.59. The van der Waals surface area contributed by atoms with Crippen molar-refractivity contribution in [3.05, 3.63) is 65.0 Å². The number of nitrogens with one attached hydrogen (secondary N) is 1. The van der Waals surface area contributed by atoms with Crippen LogP contribution in [-0.2, 0) is 20.8 Å². The van der Waals surface area contributed by atoms with Crippen LogP contribution in [0.4, 0.5) is 17.6 Å². The third-order valence-corrected chi connectivity index (χ3v) is 7.52. The second-order valence-electron chi connectivity index (χ2n) is 9.22. The fourth-order valence-electron chi connectivity index (χ4n) is 4.40. The lowest BCUT2D eigenvalue weighted by atomic mass is 9.99. The van der Waals surface area contributed by atoms with Crippen molar-refractivity contribution in [1.82, 2.24) is 10.2 Å². The van der Waals surface area contributed by atoms with Crippen LogP contribution in [0.5, 0.6) is 0 Å². The Morgan fingerprint density at radius 2 is 1.83 bits per heavy atom. The fraction of sp³-hybridized carbons (Fsp3) is 0.417. The van der Waals surface area contributed by atoms with E-state index in [0.717, 1.165) is 23.3 Å². The Hall–Kier alpha value is -2.99. The van der Waals surface area contributed by atoms with E-state index in [1.165, 1.54) is 24.3 Å². The predicted octanol–water partition coefficient (Wildman–Crippen LogP) is 3.09. The van der Waals surface area contributed by atoms with Gasteiger partial charge in [-0.2, -0.15) is 13.2 Å². The number of halogens is 4. The second kappa shape index (κ2) is 9.47. The number of sulfone groups is 1. The summed E-state index contributed by atoms with van der Waals surface area (Å²) in [6.45, 7) is -0.178. The number of likely N-dealkylation sites (tertiary alicyclic amines) is 1. The molecule has 194 valence electrons. The Labute approximate surface area is 205 Å². The molecule has 0 aromatic heterocycles. The van der Waals surface area contributed by atoms with Gasteiger partial charge in [0.15, 0.2) is 9.84 Å². The molecule has 36 heavy (non-hydrogen) atoms. The van der Waals surface area contributed by atoms with Crippen LogP contribution in [0.1, 0.15) is 46.8 Å². The van der Waals surface area contributed by atoms with Crippen LogP contribution in [0.2, 0.25) is 0 Å². The zero-order valence-electron chi connectivity index (χ0n) is 19.1. The summed E-state index contributed by atoms with van der Waals surface area (Å²) >= 11 is 0. The largest absolute Gasteiger partial charge is 0.416 e. The standard InChI is InChI=1S/C24H24F4N2O5S/c1-36(34,35)17-4-2-3-14(9-17)23(33)30-12-16(31)11-20(30)22(32)29-21(13-5-6-13)18-8-7-15(10-19(18)25)24(26,27)28/h2-4,7-10,13,16,20-21,31H,5-6,11-12H2,1H3,(H,29,32)/t16-,20-,21?/m1/s1. The molecule has 0 radical (unpaired) electrons. The van der Waals surface area contributed by atoms with Gasteiger partial charge in [0.2, 0.25) is 5.91 Å². The van der Waals surface area contributed by atoms with Gasteiger partial charge in [0.1, 0.15) is 11.9 Å². The number of rotatable bonds is 6. The molecule has 1 aliphatic carbocycles. The lowest BCUT2D eigenvalue weighted by Gasteiger charge is -2.27. The summed E-state index contributed by atoms with van der Waals surface area (Å²) in [4.78, 5) is 27.4. The van der Waals surface area contributed by atoms with Crippen LogP contribution >= 0.6 is 0 Å². The number of nitrogens with zero attached hydrogens (tertiary/aromatic N) is 1. The van der Waals surface area contributed by atoms with Crippen molar-refractivity contribution in [3.8, 4) is 0 Å². The minimum atomic E-state index is -4.72. The van der Waals surface area contributed by atoms with E-state index in [-0.39, 0.29) is 34.9 Å². The number of β-amino-alcohol motifs (C(OH)–C–C–N with tert-alkyl or cyclic N) is 1. The molecular formula is C24H24F4N2O5S. The molecule has 2 fully saturated rings. The van der Waals surface area contributed by atoms with Gasteiger partial charge in [-0.25, -0.2) is 12.8 Å². The number of carbonyl (C=O) groups is 2. The number of benzene rings is 2. The Bertz CT molecular complexity index is 1290. The van der Waals surface area contributed by atoms with Crippen molar-refractivity contribution >= 4 is 21.7 Å². The first-order valence-electron chi connectivity index (χ1n) is 11.2. The maximum absolute atomic E-state index is 14.7. The normalized spacial score (nSPS) is 21.3. The average molecular weight is 529 g/mol. The quantitative estimate of drug-likeness (QED) is 0.561. The predicted molar refractivity (Wildman–Crippen MR) is 120 cm³/mol. The minimum absolute atomic E-state index is 0.0114. The fourth-order valence-corrected chi connectivity index (χ4v) is 5.06. The van der Waals surface area contributed by atoms with E-state index in [1.54, 1.807) is 0 Å². The molecular weight excluding hydrogens is 504 g/mol. The number of hydrogen-bond donors (Lipinski definition) is 2. The summed E-state index contributed by atoms with van der Waals surface area (Å²) in [6.07, 6.45) is -3.57. The summed E-state index contributed by atoms with van der Waals surface area (Å²) in [5.74, 6) is -2.63. The molecule has 1 heterocycles.